The fourth-order valence-electron chi connectivity index (χ4n) is 2.09. The molecule has 2 fully saturated rings. The van der Waals surface area contributed by atoms with Crippen molar-refractivity contribution in [2.75, 3.05) is 18.8 Å². The zero-order valence-corrected chi connectivity index (χ0v) is 9.85. The highest BCUT2D eigenvalue weighted by Crippen LogP contribution is 2.23. The zero-order valence-electron chi connectivity index (χ0n) is 9.03. The summed E-state index contributed by atoms with van der Waals surface area (Å²) in [6.45, 7) is -0.0505. The number of nitrogens with zero attached hydrogens (tertiary/aromatic N) is 1. The van der Waals surface area contributed by atoms with Crippen LogP contribution in [0.4, 0.5) is 4.79 Å². The highest BCUT2D eigenvalue weighted by Gasteiger charge is 2.40. The lowest BCUT2D eigenvalue weighted by atomic mass is 10.2. The molecule has 0 aromatic rings. The lowest BCUT2D eigenvalue weighted by molar-refractivity contribution is -0.144. The normalized spacial score (nSPS) is 31.5. The van der Waals surface area contributed by atoms with E-state index in [0.717, 1.165) is 4.90 Å². The van der Waals surface area contributed by atoms with Crippen molar-refractivity contribution in [3.63, 3.8) is 0 Å². The largest absolute Gasteiger partial charge is 0.478 e. The molecule has 2 atom stereocenters. The molecule has 2 saturated heterocycles. The minimum absolute atomic E-state index is 0.0327. The Hall–Kier alpha value is -1.31. The van der Waals surface area contributed by atoms with Crippen molar-refractivity contribution >= 4 is 21.9 Å². The molecule has 0 spiro atoms. The van der Waals surface area contributed by atoms with Crippen LogP contribution in [0, 0.1) is 0 Å². The molecule has 1 amide bonds. The minimum Gasteiger partial charge on any atom is -0.478 e. The number of cyclic esters (lactones) is 1. The molecule has 2 heterocycles. The van der Waals surface area contributed by atoms with Crippen LogP contribution < -0.4 is 0 Å². The van der Waals surface area contributed by atoms with Crippen LogP contribution in [0.3, 0.4) is 0 Å². The Morgan fingerprint density at radius 2 is 2.24 bits per heavy atom. The van der Waals surface area contributed by atoms with E-state index < -0.39 is 33.3 Å². The molecule has 17 heavy (non-hydrogen) atoms. The van der Waals surface area contributed by atoms with Crippen molar-refractivity contribution < 1.29 is 27.9 Å². The molecule has 8 heteroatoms. The maximum atomic E-state index is 11.6. The summed E-state index contributed by atoms with van der Waals surface area (Å²) < 4.78 is 27.8. The van der Waals surface area contributed by atoms with E-state index in [1.165, 1.54) is 0 Å². The molecule has 1 N–H and O–H groups in total. The lowest BCUT2D eigenvalue weighted by Gasteiger charge is -2.16. The van der Waals surface area contributed by atoms with Crippen molar-refractivity contribution in [2.24, 2.45) is 0 Å². The molecule has 2 aliphatic rings. The first kappa shape index (κ1) is 12.2. The highest BCUT2D eigenvalue weighted by atomic mass is 32.2. The van der Waals surface area contributed by atoms with Gasteiger partial charge in [0.1, 0.15) is 0 Å². The third-order valence-electron chi connectivity index (χ3n) is 3.05. The first-order chi connectivity index (χ1) is 7.90. The Kier molecular flexibility index (Phi) is 2.98. The van der Waals surface area contributed by atoms with E-state index >= 15 is 0 Å². The molecule has 2 aliphatic heterocycles. The van der Waals surface area contributed by atoms with E-state index in [-0.39, 0.29) is 18.8 Å². The second-order valence-electron chi connectivity index (χ2n) is 4.25. The van der Waals surface area contributed by atoms with Crippen LogP contribution >= 0.6 is 0 Å². The van der Waals surface area contributed by atoms with Gasteiger partial charge in [-0.05, 0) is 12.8 Å². The van der Waals surface area contributed by atoms with Crippen LogP contribution in [0.2, 0.25) is 0 Å². The van der Waals surface area contributed by atoms with Crippen LogP contribution in [0.15, 0.2) is 0 Å². The number of rotatable bonds is 3. The van der Waals surface area contributed by atoms with E-state index in [1.54, 1.807) is 0 Å². The van der Waals surface area contributed by atoms with Gasteiger partial charge in [0.15, 0.2) is 9.84 Å². The first-order valence-corrected chi connectivity index (χ1v) is 7.01. The Morgan fingerprint density at radius 1 is 1.53 bits per heavy atom. The molecule has 0 radical (unpaired) electrons. The van der Waals surface area contributed by atoms with E-state index in [4.69, 9.17) is 5.11 Å². The maximum absolute atomic E-state index is 11.6. The second kappa shape index (κ2) is 4.17. The van der Waals surface area contributed by atoms with Crippen LogP contribution in [-0.2, 0) is 19.4 Å². The third-order valence-corrected chi connectivity index (χ3v) is 5.31. The van der Waals surface area contributed by atoms with Crippen molar-refractivity contribution in [2.45, 2.75) is 24.2 Å². The summed E-state index contributed by atoms with van der Waals surface area (Å²) in [5.74, 6) is -1.07. The number of hydrogen-bond acceptors (Lipinski definition) is 5. The quantitative estimate of drug-likeness (QED) is 0.734. The number of ether oxygens (including phenoxy) is 1. The summed E-state index contributed by atoms with van der Waals surface area (Å²) in [6, 6.07) is 0. The van der Waals surface area contributed by atoms with Gasteiger partial charge in [0, 0.05) is 6.54 Å². The summed E-state index contributed by atoms with van der Waals surface area (Å²) in [7, 11) is -3.13. The standard InChI is InChI=1S/C9H13NO6S/c11-8(12)7-5-10(9(13)16-7)4-6-2-1-3-17(6,14)15/h6-7H,1-5H2,(H,11,12)/t6?,7-/m1/s1. The van der Waals surface area contributed by atoms with Gasteiger partial charge in [0.25, 0.3) is 0 Å². The Morgan fingerprint density at radius 3 is 2.71 bits per heavy atom. The molecule has 96 valence electrons. The third kappa shape index (κ3) is 2.36. The predicted molar refractivity (Wildman–Crippen MR) is 56.3 cm³/mol. The molecule has 2 rings (SSSR count). The van der Waals surface area contributed by atoms with Gasteiger partial charge in [-0.25, -0.2) is 18.0 Å². The van der Waals surface area contributed by atoms with Crippen molar-refractivity contribution in [3.8, 4) is 0 Å². The van der Waals surface area contributed by atoms with Crippen LogP contribution in [-0.4, -0.2) is 60.7 Å². The van der Waals surface area contributed by atoms with Crippen LogP contribution in [0.5, 0.6) is 0 Å². The minimum atomic E-state index is -3.13. The number of sulfone groups is 1. The lowest BCUT2D eigenvalue weighted by Crippen LogP contribution is -2.36. The van der Waals surface area contributed by atoms with Crippen LogP contribution in [0.1, 0.15) is 12.8 Å². The Bertz CT molecular complexity index is 444. The number of aliphatic carboxylic acids is 1. The first-order valence-electron chi connectivity index (χ1n) is 5.30. The van der Waals surface area contributed by atoms with Crippen molar-refractivity contribution in [1.29, 1.82) is 0 Å². The van der Waals surface area contributed by atoms with Gasteiger partial charge >= 0.3 is 12.1 Å². The number of carboxylic acids is 1. The smallest absolute Gasteiger partial charge is 0.410 e. The topological polar surface area (TPSA) is 101 Å². The highest BCUT2D eigenvalue weighted by molar-refractivity contribution is 7.92. The van der Waals surface area contributed by atoms with E-state index in [1.807, 2.05) is 0 Å². The Balaban J connectivity index is 2.01. The molecule has 1 unspecified atom stereocenters. The monoisotopic (exact) mass is 263 g/mol. The number of carboxylic acid groups (broad SMARTS) is 1. The molecular weight excluding hydrogens is 250 g/mol. The maximum Gasteiger partial charge on any atom is 0.410 e. The predicted octanol–water partition coefficient (Wildman–Crippen LogP) is -0.531. The van der Waals surface area contributed by atoms with E-state index in [9.17, 15) is 18.0 Å². The zero-order chi connectivity index (χ0) is 12.6. The fraction of sp³-hybridized carbons (Fsp3) is 0.778. The van der Waals surface area contributed by atoms with Gasteiger partial charge in [0.2, 0.25) is 6.10 Å². The van der Waals surface area contributed by atoms with Gasteiger partial charge in [-0.1, -0.05) is 0 Å². The van der Waals surface area contributed by atoms with Gasteiger partial charge in [-0.3, -0.25) is 0 Å². The van der Waals surface area contributed by atoms with Crippen molar-refractivity contribution in [3.05, 3.63) is 0 Å². The molecule has 0 saturated carbocycles. The summed E-state index contributed by atoms with van der Waals surface area (Å²) in [6.07, 6.45) is -0.826. The summed E-state index contributed by atoms with van der Waals surface area (Å²) in [5, 5.41) is 8.11. The van der Waals surface area contributed by atoms with Gasteiger partial charge in [0.05, 0.1) is 17.5 Å². The average Bonchev–Trinajstić information content (AvgIpc) is 2.73. The number of hydrogen-bond donors (Lipinski definition) is 1. The molecule has 0 bridgehead atoms. The number of carbonyl (C=O) groups is 2. The molecule has 0 aromatic carbocycles. The molecule has 0 aromatic heterocycles. The molecule has 7 nitrogen and oxygen atoms in total. The number of carbonyl (C=O) groups excluding carboxylic acids is 1. The summed E-state index contributed by atoms with van der Waals surface area (Å²) >= 11 is 0. The van der Waals surface area contributed by atoms with E-state index in [0.29, 0.717) is 12.8 Å². The fourth-order valence-corrected chi connectivity index (χ4v) is 3.93. The van der Waals surface area contributed by atoms with Gasteiger partial charge < -0.3 is 14.7 Å². The summed E-state index contributed by atoms with van der Waals surface area (Å²) in [5.41, 5.74) is 0. The van der Waals surface area contributed by atoms with Gasteiger partial charge in [-0.15, -0.1) is 0 Å². The van der Waals surface area contributed by atoms with Crippen LogP contribution in [0.25, 0.3) is 0 Å². The number of amides is 1. The molecule has 0 aliphatic carbocycles. The SMILES string of the molecule is O=C(O)[C@H]1CN(CC2CCCS2(=O)=O)C(=O)O1. The Labute approximate surface area is 98.3 Å². The van der Waals surface area contributed by atoms with Gasteiger partial charge in [-0.2, -0.15) is 0 Å². The van der Waals surface area contributed by atoms with Crippen molar-refractivity contribution in [1.82, 2.24) is 4.90 Å². The van der Waals surface area contributed by atoms with E-state index in [2.05, 4.69) is 4.74 Å². The second-order valence-corrected chi connectivity index (χ2v) is 6.65. The summed E-state index contributed by atoms with van der Waals surface area (Å²) in [4.78, 5) is 23.1. The average molecular weight is 263 g/mol. The molecular formula is C9H13NO6S.